The Morgan fingerprint density at radius 3 is 1.76 bits per heavy atom. The van der Waals surface area contributed by atoms with Crippen molar-refractivity contribution in [2.45, 2.75) is 85.5 Å². The molecular weight excluding hydrogens is 907 g/mol. The van der Waals surface area contributed by atoms with Gasteiger partial charge in [0.1, 0.15) is 0 Å². The number of aliphatic hydroxyl groups is 1. The molecule has 2 N–H and O–H groups in total. The summed E-state index contributed by atoms with van der Waals surface area (Å²) in [6.07, 6.45) is 4.92. The predicted molar refractivity (Wildman–Crippen MR) is 237 cm³/mol. The van der Waals surface area contributed by atoms with Crippen LogP contribution in [0.15, 0.2) is 121 Å². The summed E-state index contributed by atoms with van der Waals surface area (Å²) in [7, 11) is 0. The molecule has 0 bridgehead atoms. The van der Waals surface area contributed by atoms with E-state index in [1.807, 2.05) is 12.3 Å². The minimum Gasteiger partial charge on any atom is -0.512 e. The van der Waals surface area contributed by atoms with Gasteiger partial charge in [0.15, 0.2) is 17.5 Å². The van der Waals surface area contributed by atoms with Gasteiger partial charge in [0.2, 0.25) is 0 Å². The number of ketones is 1. The Morgan fingerprint density at radius 2 is 1.24 bits per heavy atom. The third-order valence-corrected chi connectivity index (χ3v) is 10.7. The number of aliphatic hydroxyl groups excluding tert-OH is 1. The molecule has 8 rings (SSSR count). The van der Waals surface area contributed by atoms with Crippen LogP contribution in [0.4, 0.5) is 0 Å². The molecule has 301 valence electrons. The van der Waals surface area contributed by atoms with Crippen LogP contribution in [0.2, 0.25) is 0 Å². The molecule has 0 unspecified atom stereocenters. The molecule has 0 aliphatic heterocycles. The average Bonchev–Trinajstić information content (AvgIpc) is 3.42. The van der Waals surface area contributed by atoms with E-state index < -0.39 is 0 Å². The van der Waals surface area contributed by atoms with E-state index in [9.17, 15) is 0 Å². The molecule has 7 aromatic rings. The van der Waals surface area contributed by atoms with Gasteiger partial charge in [-0.1, -0.05) is 145 Å². The minimum absolute atomic E-state index is 0. The quantitative estimate of drug-likeness (QED) is 0.0797. The molecule has 0 saturated carbocycles. The molecule has 8 heteroatoms. The Morgan fingerprint density at radius 1 is 0.678 bits per heavy atom. The molecule has 0 saturated heterocycles. The number of hydrogen-bond acceptors (Lipinski definition) is 6. The molecule has 1 aliphatic carbocycles. The van der Waals surface area contributed by atoms with Crippen molar-refractivity contribution in [1.29, 1.82) is 0 Å². The summed E-state index contributed by atoms with van der Waals surface area (Å²) in [5.74, 6) is 2.06. The van der Waals surface area contributed by atoms with E-state index >= 15 is 0 Å². The molecule has 1 radical (unpaired) electrons. The molecule has 0 amide bonds. The van der Waals surface area contributed by atoms with Gasteiger partial charge in [0.25, 0.3) is 0 Å². The van der Waals surface area contributed by atoms with Crippen LogP contribution in [0.5, 0.6) is 0 Å². The van der Waals surface area contributed by atoms with Crippen LogP contribution in [0.3, 0.4) is 0 Å². The van der Waals surface area contributed by atoms with E-state index in [2.05, 4.69) is 157 Å². The molecule has 0 spiro atoms. The van der Waals surface area contributed by atoms with Crippen molar-refractivity contribution in [3.05, 3.63) is 150 Å². The first kappa shape index (κ1) is 42.9. The maximum Gasteiger partial charge on any atom is 0.316 e. The third kappa shape index (κ3) is 9.00. The largest absolute Gasteiger partial charge is 0.512 e. The first-order chi connectivity index (χ1) is 27.4. The van der Waals surface area contributed by atoms with Gasteiger partial charge in [0.05, 0.1) is 24.3 Å². The second-order valence-electron chi connectivity index (χ2n) is 17.7. The number of fused-ring (bicyclic) bond motifs is 4. The van der Waals surface area contributed by atoms with Gasteiger partial charge < -0.3 is 5.11 Å². The number of carbonyl (C=O) groups excluding carboxylic acids is 1. The zero-order valence-corrected chi connectivity index (χ0v) is 37.8. The number of allylic oxidation sites excluding steroid dienone is 2. The second kappa shape index (κ2) is 16.5. The van der Waals surface area contributed by atoms with Crippen molar-refractivity contribution < 1.29 is 30.0 Å². The fourth-order valence-electron chi connectivity index (χ4n) is 7.47. The number of hydrogen-bond donors (Lipinski definition) is 1. The Bertz CT molecular complexity index is 2630. The first-order valence-electron chi connectivity index (χ1n) is 19.7. The standard InChI is InChI=1S/C46H42N5.C5H8O2.Ir/c1-44(2,3)31-18-13-28(14-19-31)41-49-42(29-15-20-32(21-16-29)45(4,5)6)51-43(50-41)35-26-40(48-39-23-24-47-27-36(35)39)30-17-22-34-33-11-9-10-12-37(33)46(7,8)38(34)25-30;1-4(6)3-5(2)7;/h9-16,18-27H,1-8H3;3,6H,1-2H3;/q-1;;/p+1/b;4-3-;. The Hall–Kier alpha value is -5.69. The summed E-state index contributed by atoms with van der Waals surface area (Å²) in [6, 6.07) is 37.8. The summed E-state index contributed by atoms with van der Waals surface area (Å²) in [5.41, 5.74) is 12.8. The van der Waals surface area contributed by atoms with Crippen molar-refractivity contribution in [1.82, 2.24) is 24.9 Å². The van der Waals surface area contributed by atoms with Gasteiger partial charge in [-0.25, -0.2) is 15.0 Å². The number of nitrogens with zero attached hydrogens (tertiary/aromatic N) is 5. The Labute approximate surface area is 361 Å². The molecule has 1 aliphatic rings. The molecular formula is C51H51IrN5O2. The topological polar surface area (TPSA) is 106 Å². The molecule has 3 aromatic heterocycles. The van der Waals surface area contributed by atoms with Crippen molar-refractivity contribution >= 4 is 16.7 Å². The van der Waals surface area contributed by atoms with E-state index in [1.165, 1.54) is 53.3 Å². The van der Waals surface area contributed by atoms with E-state index in [0.29, 0.717) is 17.5 Å². The zero-order chi connectivity index (χ0) is 41.6. The van der Waals surface area contributed by atoms with Crippen LogP contribution in [0.25, 0.3) is 67.5 Å². The Balaban J connectivity index is 0.000000673. The monoisotopic (exact) mass is 958 g/mol. The summed E-state index contributed by atoms with van der Waals surface area (Å²) < 4.78 is 0. The van der Waals surface area contributed by atoms with Crippen LogP contribution in [-0.4, -0.2) is 40.6 Å². The Kier molecular flexibility index (Phi) is 12.0. The molecule has 7 nitrogen and oxygen atoms in total. The van der Waals surface area contributed by atoms with E-state index in [-0.39, 0.29) is 47.9 Å². The second-order valence-corrected chi connectivity index (χ2v) is 17.7. The third-order valence-electron chi connectivity index (χ3n) is 10.7. The summed E-state index contributed by atoms with van der Waals surface area (Å²) in [4.78, 5) is 33.4. The van der Waals surface area contributed by atoms with Crippen molar-refractivity contribution in [2.75, 3.05) is 0 Å². The average molecular weight is 958 g/mol. The van der Waals surface area contributed by atoms with Gasteiger partial charge in [-0.05, 0) is 51.6 Å². The van der Waals surface area contributed by atoms with E-state index in [1.54, 1.807) is 6.20 Å². The van der Waals surface area contributed by atoms with E-state index in [4.69, 9.17) is 29.8 Å². The number of pyridine rings is 2. The summed E-state index contributed by atoms with van der Waals surface area (Å²) >= 11 is 0. The molecule has 59 heavy (non-hydrogen) atoms. The van der Waals surface area contributed by atoms with Gasteiger partial charge in [-0.2, -0.15) is 0 Å². The molecule has 0 fully saturated rings. The van der Waals surface area contributed by atoms with Crippen molar-refractivity contribution in [3.8, 4) is 56.5 Å². The SMILES string of the molecule is CC(=[OH+])/C=C(/C)O.CC(C)(C)c1ccc(-c2nc(-c3ccc(C(C)(C)C)cc3)nc(-c3cc(-c4[c-]cc5c(c4)C(C)(C)c4ccccc4-5)nc4ccncc34)n2)cc1.[Ir]. The summed E-state index contributed by atoms with van der Waals surface area (Å²) in [6.45, 7) is 20.9. The number of benzene rings is 4. The summed E-state index contributed by atoms with van der Waals surface area (Å²) in [5, 5.41) is 9.28. The van der Waals surface area contributed by atoms with Crippen LogP contribution >= 0.6 is 0 Å². The maximum atomic E-state index is 8.40. The minimum atomic E-state index is -0.136. The fraction of sp³-hybridized carbons (Fsp3) is 0.255. The predicted octanol–water partition coefficient (Wildman–Crippen LogP) is 12.2. The number of aromatic nitrogens is 5. The van der Waals surface area contributed by atoms with Crippen LogP contribution < -0.4 is 0 Å². The fourth-order valence-corrected chi connectivity index (χ4v) is 7.47. The van der Waals surface area contributed by atoms with Gasteiger partial charge in [-0.15, -0.1) is 29.3 Å². The van der Waals surface area contributed by atoms with Crippen molar-refractivity contribution in [2.24, 2.45) is 0 Å². The number of rotatable bonds is 5. The van der Waals surface area contributed by atoms with Crippen molar-refractivity contribution in [3.63, 3.8) is 0 Å². The molecule has 4 aromatic carbocycles. The van der Waals surface area contributed by atoms with Gasteiger partial charge in [0, 0.05) is 54.6 Å². The van der Waals surface area contributed by atoms with Gasteiger partial charge >= 0.3 is 5.78 Å². The van der Waals surface area contributed by atoms with Crippen LogP contribution in [0.1, 0.15) is 91.5 Å². The first-order valence-corrected chi connectivity index (χ1v) is 19.7. The van der Waals surface area contributed by atoms with E-state index in [0.717, 1.165) is 38.9 Å². The van der Waals surface area contributed by atoms with Gasteiger partial charge in [-0.3, -0.25) is 14.8 Å². The molecule has 0 atom stereocenters. The van der Waals surface area contributed by atoms with Crippen LogP contribution in [0, 0.1) is 6.07 Å². The smallest absolute Gasteiger partial charge is 0.316 e. The maximum absolute atomic E-state index is 8.40. The zero-order valence-electron chi connectivity index (χ0n) is 35.4. The normalized spacial score (nSPS) is 13.2. The molecule has 3 heterocycles. The van der Waals surface area contributed by atoms with Crippen LogP contribution in [-0.2, 0) is 36.4 Å².